The number of imide groups is 2. The second-order valence-corrected chi connectivity index (χ2v) is 10.7. The molecule has 221 valence electrons. The zero-order chi connectivity index (χ0) is 31.8. The summed E-state index contributed by atoms with van der Waals surface area (Å²) in [4.78, 5) is 94.6. The van der Waals surface area contributed by atoms with E-state index in [1.165, 1.54) is 66.7 Å². The summed E-state index contributed by atoms with van der Waals surface area (Å²) in [5.41, 5.74) is 0.834. The Hall–Kier alpha value is -5.75. The lowest BCUT2D eigenvalue weighted by Crippen LogP contribution is -2.43. The van der Waals surface area contributed by atoms with Crippen molar-refractivity contribution in [1.29, 1.82) is 0 Å². The van der Waals surface area contributed by atoms with Crippen LogP contribution >= 0.6 is 0 Å². The van der Waals surface area contributed by atoms with E-state index in [0.29, 0.717) is 19.5 Å². The van der Waals surface area contributed by atoms with Gasteiger partial charge in [-0.3, -0.25) is 34.1 Å². The van der Waals surface area contributed by atoms with Gasteiger partial charge in [-0.15, -0.1) is 4.65 Å². The lowest BCUT2D eigenvalue weighted by atomic mass is 9.96. The van der Waals surface area contributed by atoms with E-state index in [1.54, 1.807) is 14.1 Å². The molecule has 0 atom stereocenters. The number of nitrogens with zero attached hydrogens (tertiary/aromatic N) is 2. The molecule has 0 aromatic heterocycles. The molecule has 0 spiro atoms. The molecule has 3 aromatic carbocycles. The minimum atomic E-state index is -0.679. The summed E-state index contributed by atoms with van der Waals surface area (Å²) in [6, 6.07) is 14.1. The van der Waals surface area contributed by atoms with Crippen LogP contribution in [-0.4, -0.2) is 73.1 Å². The Labute approximate surface area is 251 Å². The molecule has 44 heavy (non-hydrogen) atoms. The van der Waals surface area contributed by atoms with Gasteiger partial charge in [0.05, 0.1) is 27.9 Å². The third kappa shape index (κ3) is 5.65. The second kappa shape index (κ2) is 11.5. The van der Waals surface area contributed by atoms with Crippen LogP contribution in [0.5, 0.6) is 0 Å². The zero-order valence-corrected chi connectivity index (χ0v) is 23.8. The van der Waals surface area contributed by atoms with Crippen LogP contribution < -0.4 is 15.5 Å². The van der Waals surface area contributed by atoms with E-state index in [4.69, 9.17) is 4.84 Å². The van der Waals surface area contributed by atoms with Crippen molar-refractivity contribution in [2.24, 2.45) is 0 Å². The van der Waals surface area contributed by atoms with Gasteiger partial charge in [0, 0.05) is 24.1 Å². The molecule has 12 nitrogen and oxygen atoms in total. The molecular formula is C32H27N4O8+2. The van der Waals surface area contributed by atoms with Crippen molar-refractivity contribution < 1.29 is 43.0 Å². The van der Waals surface area contributed by atoms with E-state index in [-0.39, 0.29) is 55.2 Å². The Morgan fingerprint density at radius 2 is 1.57 bits per heavy atom. The molecule has 0 aliphatic carbocycles. The number of ketones is 1. The summed E-state index contributed by atoms with van der Waals surface area (Å²) >= 11 is 0. The highest BCUT2D eigenvalue weighted by atomic mass is 16.7. The van der Waals surface area contributed by atoms with Crippen molar-refractivity contribution in [3.63, 3.8) is 0 Å². The van der Waals surface area contributed by atoms with E-state index in [0.717, 1.165) is 4.90 Å². The lowest BCUT2D eigenvalue weighted by Gasteiger charge is -2.26. The maximum atomic E-state index is 13.4. The van der Waals surface area contributed by atoms with Crippen LogP contribution in [0, 0.1) is 0 Å². The van der Waals surface area contributed by atoms with Crippen LogP contribution in [0.15, 0.2) is 73.3 Å². The van der Waals surface area contributed by atoms with Gasteiger partial charge in [0.1, 0.15) is 26.2 Å². The maximum absolute atomic E-state index is 13.4. The fraction of sp³-hybridized carbons (Fsp3) is 0.156. The van der Waals surface area contributed by atoms with Crippen LogP contribution in [0.25, 0.3) is 0 Å². The van der Waals surface area contributed by atoms with E-state index in [2.05, 4.69) is 17.2 Å². The van der Waals surface area contributed by atoms with E-state index in [1.807, 2.05) is 0 Å². The normalized spacial score (nSPS) is 13.7. The number of carbonyl (C=O) groups is 7. The Morgan fingerprint density at radius 1 is 0.909 bits per heavy atom. The maximum Gasteiger partial charge on any atom is 0.587 e. The Morgan fingerprint density at radius 3 is 2.27 bits per heavy atom. The fourth-order valence-electron chi connectivity index (χ4n) is 4.93. The van der Waals surface area contributed by atoms with Crippen molar-refractivity contribution in [3.8, 4) is 0 Å². The summed E-state index contributed by atoms with van der Waals surface area (Å²) in [5.74, 6) is -3.93. The summed E-state index contributed by atoms with van der Waals surface area (Å²) in [7, 11) is 3.36. The first-order valence-electron chi connectivity index (χ1n) is 13.5. The molecule has 0 unspecified atom stereocenters. The molecule has 5 amide bonds. The molecular weight excluding hydrogens is 568 g/mol. The predicted octanol–water partition coefficient (Wildman–Crippen LogP) is 2.44. The molecule has 2 aliphatic heterocycles. The standard InChI is InChI=1S/C32H26N4O8/c1-4-26(37)33-13-6-14-36(2,3)44-32(43)20-7-5-8-21(15-20)35-30(41)23-12-10-19(17-25(23)31(35)42)27(38)18-9-11-22-24(16-18)29(40)34-28(22)39/h4-5,7-12,15-17H,1,6,13-14H2,2-3H3,(H-,33,34,37,39,40)/q+1/p+1. The van der Waals surface area contributed by atoms with Crippen LogP contribution in [0.4, 0.5) is 5.69 Å². The third-order valence-corrected chi connectivity index (χ3v) is 7.17. The molecule has 0 bridgehead atoms. The molecule has 0 saturated carbocycles. The molecule has 0 fully saturated rings. The Kier molecular flexibility index (Phi) is 7.77. The Balaban J connectivity index is 1.31. The Bertz CT molecular complexity index is 1810. The summed E-state index contributed by atoms with van der Waals surface area (Å²) in [6.45, 7) is 4.16. The second-order valence-electron chi connectivity index (χ2n) is 10.7. The van der Waals surface area contributed by atoms with Gasteiger partial charge in [-0.25, -0.2) is 4.79 Å². The van der Waals surface area contributed by atoms with Crippen molar-refractivity contribution in [2.75, 3.05) is 32.1 Å². The van der Waals surface area contributed by atoms with Crippen molar-refractivity contribution in [1.82, 2.24) is 10.6 Å². The minimum Gasteiger partial charge on any atom is -0.352 e. The number of hydrogen-bond acceptors (Lipinski definition) is 8. The predicted molar refractivity (Wildman–Crippen MR) is 156 cm³/mol. The number of hydrogen-bond donors (Lipinski definition) is 2. The number of rotatable bonds is 10. The first-order chi connectivity index (χ1) is 20.9. The molecule has 2 aliphatic rings. The van der Waals surface area contributed by atoms with Gasteiger partial charge in [0.15, 0.2) is 5.78 Å². The van der Waals surface area contributed by atoms with E-state index in [9.17, 15) is 33.6 Å². The number of benzene rings is 3. The number of carbonyl (C=O) groups excluding carboxylic acids is 7. The van der Waals surface area contributed by atoms with Gasteiger partial charge >= 0.3 is 11.9 Å². The monoisotopic (exact) mass is 595 g/mol. The molecule has 5 rings (SSSR count). The minimum absolute atomic E-state index is 0.00394. The summed E-state index contributed by atoms with van der Waals surface area (Å²) in [6.07, 6.45) is 1.70. The van der Waals surface area contributed by atoms with Gasteiger partial charge in [-0.2, -0.15) is 4.90 Å². The number of hydroxylamine groups is 3. The topological polar surface area (TPSA) is 159 Å². The van der Waals surface area contributed by atoms with E-state index < -0.39 is 35.4 Å². The van der Waals surface area contributed by atoms with Gasteiger partial charge in [-0.05, 0) is 54.6 Å². The number of quaternary nitrogens is 1. The smallest absolute Gasteiger partial charge is 0.352 e. The van der Waals surface area contributed by atoms with Crippen LogP contribution in [0.3, 0.4) is 0 Å². The molecule has 12 heteroatoms. The van der Waals surface area contributed by atoms with Crippen molar-refractivity contribution >= 4 is 47.0 Å². The van der Waals surface area contributed by atoms with Crippen LogP contribution in [0.1, 0.15) is 74.1 Å². The number of fused-ring (bicyclic) bond motifs is 2. The van der Waals surface area contributed by atoms with Gasteiger partial charge in [-0.1, -0.05) is 18.7 Å². The molecule has 2 heterocycles. The van der Waals surface area contributed by atoms with Crippen molar-refractivity contribution in [2.45, 2.75) is 6.42 Å². The summed E-state index contributed by atoms with van der Waals surface area (Å²) < 4.78 is -0.137. The number of nitrogens with one attached hydrogen (secondary N) is 2. The third-order valence-electron chi connectivity index (χ3n) is 7.17. The van der Waals surface area contributed by atoms with E-state index >= 15 is 0 Å². The number of amides is 5. The van der Waals surface area contributed by atoms with Gasteiger partial charge < -0.3 is 5.32 Å². The molecule has 3 aromatic rings. The highest BCUT2D eigenvalue weighted by molar-refractivity contribution is 6.35. The fourth-order valence-corrected chi connectivity index (χ4v) is 4.93. The molecule has 2 N–H and O–H groups in total. The average Bonchev–Trinajstić information content (AvgIpc) is 3.44. The number of anilines is 1. The van der Waals surface area contributed by atoms with Crippen LogP contribution in [-0.2, 0) is 9.63 Å². The lowest BCUT2D eigenvalue weighted by molar-refractivity contribution is -1.06. The quantitative estimate of drug-likeness (QED) is 0.0688. The SMILES string of the molecule is C=CC(=O)NCCC[N+](C)(C)OC(=O)c1cccc(N2C(=O)c3cc(C(=O)c4ccc5c(c4)C(=O)NC5=O)ccc3C2=[O+])c1. The molecule has 1 radical (unpaired) electrons. The highest BCUT2D eigenvalue weighted by Gasteiger charge is 2.47. The largest absolute Gasteiger partial charge is 0.587 e. The van der Waals surface area contributed by atoms with Gasteiger partial charge in [0.2, 0.25) is 5.91 Å². The molecule has 0 saturated heterocycles. The average molecular weight is 596 g/mol. The zero-order valence-electron chi connectivity index (χ0n) is 23.8. The first-order valence-corrected chi connectivity index (χ1v) is 13.5. The van der Waals surface area contributed by atoms with Crippen LogP contribution in [0.2, 0.25) is 0 Å². The van der Waals surface area contributed by atoms with Gasteiger partial charge in [0.25, 0.3) is 22.5 Å². The first kappa shape index (κ1) is 29.7. The van der Waals surface area contributed by atoms with Crippen molar-refractivity contribution in [3.05, 3.63) is 112 Å². The summed E-state index contributed by atoms with van der Waals surface area (Å²) in [5, 5.41) is 4.82. The highest BCUT2D eigenvalue weighted by Crippen LogP contribution is 2.31.